The fraction of sp³-hybridized carbons (Fsp3) is 0.571. The van der Waals surface area contributed by atoms with Crippen LogP contribution in [0, 0.1) is 5.92 Å². The van der Waals surface area contributed by atoms with Gasteiger partial charge >= 0.3 is 0 Å². The largest absolute Gasteiger partial charge is 0.369 e. The average Bonchev–Trinajstić information content (AvgIpc) is 2.29. The zero-order valence-electron chi connectivity index (χ0n) is 10.4. The highest BCUT2D eigenvalue weighted by atomic mass is 79.9. The quantitative estimate of drug-likeness (QED) is 0.704. The van der Waals surface area contributed by atoms with Gasteiger partial charge in [-0.15, -0.1) is 0 Å². The summed E-state index contributed by atoms with van der Waals surface area (Å²) in [4.78, 5) is 2.48. The minimum absolute atomic E-state index is 0.615. The standard InChI is InChI=1S/C14H19BrClN/c1-10-5-6-17(11(2)7-10)13-4-3-12(9-15)14(16)8-13/h3-4,8,10-11H,5-7,9H2,1-2H3. The lowest BCUT2D eigenvalue weighted by molar-refractivity contribution is 0.378. The van der Waals surface area contributed by atoms with Crippen molar-refractivity contribution >= 4 is 33.2 Å². The summed E-state index contributed by atoms with van der Waals surface area (Å²) in [5.41, 5.74) is 2.42. The van der Waals surface area contributed by atoms with Crippen LogP contribution in [-0.2, 0) is 5.33 Å². The number of hydrogen-bond acceptors (Lipinski definition) is 1. The molecule has 0 spiro atoms. The predicted molar refractivity (Wildman–Crippen MR) is 79.3 cm³/mol. The minimum Gasteiger partial charge on any atom is -0.369 e. The zero-order valence-corrected chi connectivity index (χ0v) is 12.8. The van der Waals surface area contributed by atoms with E-state index in [2.05, 4.69) is 52.9 Å². The van der Waals surface area contributed by atoms with Gasteiger partial charge in [0.05, 0.1) is 0 Å². The van der Waals surface area contributed by atoms with Gasteiger partial charge in [0.2, 0.25) is 0 Å². The first-order valence-corrected chi connectivity index (χ1v) is 7.72. The first-order chi connectivity index (χ1) is 8.11. The van der Waals surface area contributed by atoms with Crippen molar-refractivity contribution in [3.63, 3.8) is 0 Å². The SMILES string of the molecule is CC1CCN(c2ccc(CBr)c(Cl)c2)C(C)C1. The Morgan fingerprint density at radius 2 is 2.18 bits per heavy atom. The first kappa shape index (κ1) is 13.2. The van der Waals surface area contributed by atoms with Crippen molar-refractivity contribution < 1.29 is 0 Å². The molecule has 3 heteroatoms. The lowest BCUT2D eigenvalue weighted by atomic mass is 9.93. The molecule has 1 aromatic carbocycles. The monoisotopic (exact) mass is 315 g/mol. The Morgan fingerprint density at radius 1 is 1.41 bits per heavy atom. The molecule has 0 bridgehead atoms. The molecule has 0 amide bonds. The van der Waals surface area contributed by atoms with Crippen LogP contribution in [0.5, 0.6) is 0 Å². The molecule has 0 saturated carbocycles. The number of benzene rings is 1. The van der Waals surface area contributed by atoms with E-state index in [0.29, 0.717) is 6.04 Å². The van der Waals surface area contributed by atoms with Crippen LogP contribution in [0.15, 0.2) is 18.2 Å². The van der Waals surface area contributed by atoms with Gasteiger partial charge < -0.3 is 4.90 Å². The highest BCUT2D eigenvalue weighted by Gasteiger charge is 2.23. The summed E-state index contributed by atoms with van der Waals surface area (Å²) < 4.78 is 0. The molecule has 94 valence electrons. The molecule has 0 aromatic heterocycles. The van der Waals surface area contributed by atoms with Gasteiger partial charge in [0.25, 0.3) is 0 Å². The Morgan fingerprint density at radius 3 is 2.76 bits per heavy atom. The molecule has 0 N–H and O–H groups in total. The van der Waals surface area contributed by atoms with E-state index >= 15 is 0 Å². The second-order valence-corrected chi connectivity index (χ2v) is 6.05. The van der Waals surface area contributed by atoms with Crippen molar-refractivity contribution in [1.82, 2.24) is 0 Å². The number of halogens is 2. The van der Waals surface area contributed by atoms with E-state index in [9.17, 15) is 0 Å². The Labute approximate surface area is 117 Å². The van der Waals surface area contributed by atoms with Crippen molar-refractivity contribution in [3.05, 3.63) is 28.8 Å². The molecular weight excluding hydrogens is 298 g/mol. The molecule has 2 unspecified atom stereocenters. The van der Waals surface area contributed by atoms with Gasteiger partial charge in [-0.05, 0) is 43.4 Å². The molecule has 1 heterocycles. The maximum absolute atomic E-state index is 6.27. The number of rotatable bonds is 2. The molecule has 1 fully saturated rings. The van der Waals surface area contributed by atoms with Crippen molar-refractivity contribution in [2.24, 2.45) is 5.92 Å². The predicted octanol–water partition coefficient (Wildman–Crippen LogP) is 4.86. The molecule has 1 aliphatic heterocycles. The number of hydrogen-bond donors (Lipinski definition) is 0. The van der Waals surface area contributed by atoms with Crippen LogP contribution in [0.25, 0.3) is 0 Å². The molecule has 2 atom stereocenters. The lowest BCUT2D eigenvalue weighted by Crippen LogP contribution is -2.40. The smallest absolute Gasteiger partial charge is 0.0467 e. The Kier molecular flexibility index (Phi) is 4.37. The van der Waals surface area contributed by atoms with Crippen LogP contribution in [0.1, 0.15) is 32.3 Å². The van der Waals surface area contributed by atoms with Crippen molar-refractivity contribution in [2.75, 3.05) is 11.4 Å². The van der Waals surface area contributed by atoms with E-state index in [1.54, 1.807) is 0 Å². The minimum atomic E-state index is 0.615. The van der Waals surface area contributed by atoms with Crippen molar-refractivity contribution in [3.8, 4) is 0 Å². The van der Waals surface area contributed by atoms with Crippen LogP contribution in [0.4, 0.5) is 5.69 Å². The van der Waals surface area contributed by atoms with Gasteiger partial charge in [-0.25, -0.2) is 0 Å². The van der Waals surface area contributed by atoms with Gasteiger partial charge in [-0.3, -0.25) is 0 Å². The van der Waals surface area contributed by atoms with Crippen molar-refractivity contribution in [2.45, 2.75) is 38.1 Å². The summed E-state index contributed by atoms with van der Waals surface area (Å²) in [5.74, 6) is 0.846. The van der Waals surface area contributed by atoms with E-state index in [0.717, 1.165) is 28.4 Å². The van der Waals surface area contributed by atoms with E-state index in [4.69, 9.17) is 11.6 Å². The molecular formula is C14H19BrClN. The van der Waals surface area contributed by atoms with Crippen LogP contribution in [-0.4, -0.2) is 12.6 Å². The Bertz CT molecular complexity index is 394. The fourth-order valence-corrected chi connectivity index (χ4v) is 3.51. The normalized spacial score (nSPS) is 25.1. The van der Waals surface area contributed by atoms with E-state index in [1.165, 1.54) is 18.5 Å². The molecule has 17 heavy (non-hydrogen) atoms. The van der Waals surface area contributed by atoms with Crippen molar-refractivity contribution in [1.29, 1.82) is 0 Å². The molecule has 1 aliphatic rings. The molecule has 1 aromatic rings. The van der Waals surface area contributed by atoms with E-state index < -0.39 is 0 Å². The fourth-order valence-electron chi connectivity index (χ4n) is 2.61. The van der Waals surface area contributed by atoms with Gasteiger partial charge in [0, 0.05) is 28.6 Å². The van der Waals surface area contributed by atoms with Gasteiger partial charge in [-0.2, -0.15) is 0 Å². The summed E-state index contributed by atoms with van der Waals surface area (Å²) >= 11 is 9.72. The third-order valence-electron chi connectivity index (χ3n) is 3.65. The van der Waals surface area contributed by atoms with Crippen LogP contribution < -0.4 is 4.90 Å². The van der Waals surface area contributed by atoms with Crippen LogP contribution in [0.2, 0.25) is 5.02 Å². The molecule has 1 nitrogen and oxygen atoms in total. The van der Waals surface area contributed by atoms with Gasteiger partial charge in [0.15, 0.2) is 0 Å². The van der Waals surface area contributed by atoms with E-state index in [1.807, 2.05) is 0 Å². The number of anilines is 1. The summed E-state index contributed by atoms with van der Waals surface area (Å²) in [6.07, 6.45) is 2.56. The molecule has 0 radical (unpaired) electrons. The van der Waals surface area contributed by atoms with Crippen LogP contribution >= 0.6 is 27.5 Å². The van der Waals surface area contributed by atoms with Gasteiger partial charge in [0.1, 0.15) is 0 Å². The third-order valence-corrected chi connectivity index (χ3v) is 4.61. The van der Waals surface area contributed by atoms with Crippen LogP contribution in [0.3, 0.4) is 0 Å². The highest BCUT2D eigenvalue weighted by molar-refractivity contribution is 9.08. The lowest BCUT2D eigenvalue weighted by Gasteiger charge is -2.38. The van der Waals surface area contributed by atoms with E-state index in [-0.39, 0.29) is 0 Å². The average molecular weight is 317 g/mol. The molecule has 2 rings (SSSR count). The maximum atomic E-state index is 6.27. The molecule has 0 aliphatic carbocycles. The third kappa shape index (κ3) is 2.97. The number of piperidine rings is 1. The Balaban J connectivity index is 2.19. The number of nitrogens with zero attached hydrogens (tertiary/aromatic N) is 1. The summed E-state index contributed by atoms with van der Waals surface area (Å²) in [6.45, 7) is 5.79. The highest BCUT2D eigenvalue weighted by Crippen LogP contribution is 2.31. The number of alkyl halides is 1. The Hall–Kier alpha value is -0.210. The topological polar surface area (TPSA) is 3.24 Å². The summed E-state index contributed by atoms with van der Waals surface area (Å²) in [7, 11) is 0. The summed E-state index contributed by atoms with van der Waals surface area (Å²) in [5, 5.41) is 1.68. The summed E-state index contributed by atoms with van der Waals surface area (Å²) in [6, 6.07) is 7.03. The first-order valence-electron chi connectivity index (χ1n) is 6.23. The second-order valence-electron chi connectivity index (χ2n) is 5.08. The zero-order chi connectivity index (χ0) is 12.4. The second kappa shape index (κ2) is 5.62. The maximum Gasteiger partial charge on any atom is 0.0467 e. The van der Waals surface area contributed by atoms with Gasteiger partial charge in [-0.1, -0.05) is 40.5 Å². The molecule has 1 saturated heterocycles.